The molecule has 134 valence electrons. The number of nitrogens with zero attached hydrogens (tertiary/aromatic N) is 1. The van der Waals surface area contributed by atoms with Gasteiger partial charge in [0.1, 0.15) is 11.5 Å². The van der Waals surface area contributed by atoms with Crippen LogP contribution in [-0.4, -0.2) is 22.7 Å². The Morgan fingerprint density at radius 1 is 1.15 bits per heavy atom. The number of aromatic hydroxyl groups is 1. The van der Waals surface area contributed by atoms with Crippen LogP contribution in [0, 0.1) is 0 Å². The Labute approximate surface area is 156 Å². The van der Waals surface area contributed by atoms with Gasteiger partial charge in [0, 0.05) is 22.0 Å². The normalized spacial score (nSPS) is 10.7. The fraction of sp³-hybridized carbons (Fsp3) is 0.200. The summed E-state index contributed by atoms with van der Waals surface area (Å²) in [6, 6.07) is 12.1. The van der Waals surface area contributed by atoms with Crippen LogP contribution in [0.4, 0.5) is 0 Å². The van der Waals surface area contributed by atoms with Gasteiger partial charge in [-0.2, -0.15) is 0 Å². The lowest BCUT2D eigenvalue weighted by Crippen LogP contribution is -2.08. The van der Waals surface area contributed by atoms with Crippen LogP contribution in [0.3, 0.4) is 0 Å². The van der Waals surface area contributed by atoms with Gasteiger partial charge in [-0.15, -0.1) is 0 Å². The van der Waals surface area contributed by atoms with Gasteiger partial charge in [0.25, 0.3) is 0 Å². The summed E-state index contributed by atoms with van der Waals surface area (Å²) in [7, 11) is 0. The number of carbonyl (C=O) groups is 1. The lowest BCUT2D eigenvalue weighted by atomic mass is 10.1. The number of hydrogen-bond acceptors (Lipinski definition) is 5. The Hall–Kier alpha value is -2.79. The summed E-state index contributed by atoms with van der Waals surface area (Å²) in [6.07, 6.45) is 3.20. The molecule has 0 radical (unpaired) electrons. The molecule has 0 aliphatic heterocycles. The predicted octanol–water partition coefficient (Wildman–Crippen LogP) is 5.34. The molecule has 0 bridgehead atoms. The first-order valence-corrected chi connectivity index (χ1v) is 8.68. The van der Waals surface area contributed by atoms with E-state index < -0.39 is 5.97 Å². The fourth-order valence-electron chi connectivity index (χ4n) is 2.40. The van der Waals surface area contributed by atoms with E-state index in [1.54, 1.807) is 42.5 Å². The molecule has 0 aliphatic rings. The summed E-state index contributed by atoms with van der Waals surface area (Å²) >= 11 is 5.87. The van der Waals surface area contributed by atoms with E-state index in [9.17, 15) is 9.90 Å². The third kappa shape index (κ3) is 4.06. The molecule has 1 N–H and O–H groups in total. The largest absolute Gasteiger partial charge is 0.505 e. The molecule has 0 saturated heterocycles. The highest BCUT2D eigenvalue weighted by molar-refractivity contribution is 6.30. The Morgan fingerprint density at radius 3 is 2.62 bits per heavy atom. The van der Waals surface area contributed by atoms with Gasteiger partial charge in [0.2, 0.25) is 0 Å². The molecule has 26 heavy (non-hydrogen) atoms. The summed E-state index contributed by atoms with van der Waals surface area (Å²) in [6.45, 7) is 2.30. The van der Waals surface area contributed by atoms with Crippen LogP contribution in [0.15, 0.2) is 48.7 Å². The summed E-state index contributed by atoms with van der Waals surface area (Å²) in [5.41, 5.74) is -0.0998. The maximum Gasteiger partial charge on any atom is 0.360 e. The van der Waals surface area contributed by atoms with Gasteiger partial charge >= 0.3 is 5.97 Å². The van der Waals surface area contributed by atoms with Crippen LogP contribution >= 0.6 is 11.6 Å². The molecule has 6 heteroatoms. The quantitative estimate of drug-likeness (QED) is 0.467. The lowest BCUT2D eigenvalue weighted by Gasteiger charge is -2.10. The first-order valence-electron chi connectivity index (χ1n) is 8.30. The van der Waals surface area contributed by atoms with Crippen LogP contribution in [0.1, 0.15) is 30.3 Å². The van der Waals surface area contributed by atoms with Gasteiger partial charge < -0.3 is 14.6 Å². The van der Waals surface area contributed by atoms with E-state index in [-0.39, 0.29) is 11.4 Å². The summed E-state index contributed by atoms with van der Waals surface area (Å²) in [5.74, 6) is 0.278. The Kier molecular flexibility index (Phi) is 5.58. The molecule has 3 rings (SSSR count). The molecule has 0 saturated carbocycles. The molecule has 0 spiro atoms. The molecule has 0 amide bonds. The first-order chi connectivity index (χ1) is 12.6. The number of unbranched alkanes of at least 4 members (excludes halogenated alkanes) is 1. The van der Waals surface area contributed by atoms with Gasteiger partial charge in [0.15, 0.2) is 11.4 Å². The van der Waals surface area contributed by atoms with Crippen molar-refractivity contribution in [1.29, 1.82) is 0 Å². The third-order valence-corrected chi connectivity index (χ3v) is 4.06. The minimum Gasteiger partial charge on any atom is -0.505 e. The third-order valence-electron chi connectivity index (χ3n) is 3.81. The zero-order valence-electron chi connectivity index (χ0n) is 14.2. The minimum atomic E-state index is -0.637. The number of carbonyl (C=O) groups excluding carboxylic acids is 1. The summed E-state index contributed by atoms with van der Waals surface area (Å²) in [4.78, 5) is 16.1. The van der Waals surface area contributed by atoms with Gasteiger partial charge in [-0.25, -0.2) is 9.78 Å². The number of rotatable bonds is 6. The second kappa shape index (κ2) is 8.06. The van der Waals surface area contributed by atoms with E-state index in [2.05, 4.69) is 4.98 Å². The number of hydrogen-bond donors (Lipinski definition) is 1. The number of benzene rings is 2. The minimum absolute atomic E-state index is 0.0998. The lowest BCUT2D eigenvalue weighted by molar-refractivity contribution is 0.0489. The molecule has 0 atom stereocenters. The number of fused-ring (bicyclic) bond motifs is 1. The topological polar surface area (TPSA) is 68.7 Å². The second-order valence-corrected chi connectivity index (χ2v) is 6.19. The molecular weight excluding hydrogens is 354 g/mol. The van der Waals surface area contributed by atoms with Crippen LogP contribution in [0.2, 0.25) is 5.02 Å². The molecule has 2 aromatic carbocycles. The monoisotopic (exact) mass is 371 g/mol. The van der Waals surface area contributed by atoms with Gasteiger partial charge in [-0.3, -0.25) is 0 Å². The smallest absolute Gasteiger partial charge is 0.360 e. The average Bonchev–Trinajstić information content (AvgIpc) is 2.64. The van der Waals surface area contributed by atoms with Crippen molar-refractivity contribution < 1.29 is 19.4 Å². The zero-order chi connectivity index (χ0) is 18.5. The predicted molar refractivity (Wildman–Crippen MR) is 100 cm³/mol. The SMILES string of the molecule is CCCCOC(=O)c1ncc2ccc(Oc3ccc(Cl)cc3)cc2c1O. The van der Waals surface area contributed by atoms with Crippen LogP contribution in [-0.2, 0) is 4.74 Å². The van der Waals surface area contributed by atoms with E-state index in [1.807, 2.05) is 6.92 Å². The van der Waals surface area contributed by atoms with Gasteiger partial charge in [0.05, 0.1) is 6.61 Å². The van der Waals surface area contributed by atoms with E-state index in [0.29, 0.717) is 33.9 Å². The number of ether oxygens (including phenoxy) is 2. The fourth-order valence-corrected chi connectivity index (χ4v) is 2.53. The van der Waals surface area contributed by atoms with Crippen molar-refractivity contribution in [2.45, 2.75) is 19.8 Å². The molecule has 0 unspecified atom stereocenters. The van der Waals surface area contributed by atoms with Crippen LogP contribution in [0.5, 0.6) is 17.2 Å². The molecule has 5 nitrogen and oxygen atoms in total. The van der Waals surface area contributed by atoms with Crippen molar-refractivity contribution in [3.8, 4) is 17.2 Å². The van der Waals surface area contributed by atoms with E-state index in [0.717, 1.165) is 12.8 Å². The highest BCUT2D eigenvalue weighted by atomic mass is 35.5. The molecule has 1 heterocycles. The molecule has 0 aliphatic carbocycles. The number of esters is 1. The van der Waals surface area contributed by atoms with Crippen LogP contribution in [0.25, 0.3) is 10.8 Å². The number of pyridine rings is 1. The number of halogens is 1. The van der Waals surface area contributed by atoms with E-state index in [4.69, 9.17) is 21.1 Å². The van der Waals surface area contributed by atoms with Crippen molar-refractivity contribution in [2.24, 2.45) is 0 Å². The van der Waals surface area contributed by atoms with Gasteiger partial charge in [-0.1, -0.05) is 24.9 Å². The Balaban J connectivity index is 1.88. The summed E-state index contributed by atoms with van der Waals surface area (Å²) < 4.78 is 10.9. The maximum absolute atomic E-state index is 12.1. The van der Waals surface area contributed by atoms with E-state index in [1.165, 1.54) is 6.20 Å². The number of aromatic nitrogens is 1. The Bertz CT molecular complexity index is 925. The average molecular weight is 372 g/mol. The molecular formula is C20H18ClNO4. The van der Waals surface area contributed by atoms with Crippen molar-refractivity contribution in [2.75, 3.05) is 6.61 Å². The molecule has 0 fully saturated rings. The zero-order valence-corrected chi connectivity index (χ0v) is 15.0. The van der Waals surface area contributed by atoms with Crippen LogP contribution < -0.4 is 4.74 Å². The maximum atomic E-state index is 12.1. The standard InChI is InChI=1S/C20H18ClNO4/c1-2-3-10-25-20(24)18-19(23)17-11-16(7-4-13(17)12-22-18)26-15-8-5-14(21)6-9-15/h4-9,11-12,23H,2-3,10H2,1H3. The van der Waals surface area contributed by atoms with Crippen molar-refractivity contribution in [3.05, 3.63) is 59.4 Å². The van der Waals surface area contributed by atoms with Crippen molar-refractivity contribution >= 4 is 28.3 Å². The Morgan fingerprint density at radius 2 is 1.88 bits per heavy atom. The summed E-state index contributed by atoms with van der Waals surface area (Å²) in [5, 5.41) is 12.2. The van der Waals surface area contributed by atoms with E-state index >= 15 is 0 Å². The molecule has 3 aromatic rings. The first kappa shape index (κ1) is 18.0. The highest BCUT2D eigenvalue weighted by Gasteiger charge is 2.17. The van der Waals surface area contributed by atoms with Crippen molar-refractivity contribution in [1.82, 2.24) is 4.98 Å². The highest BCUT2D eigenvalue weighted by Crippen LogP contribution is 2.32. The van der Waals surface area contributed by atoms with Crippen molar-refractivity contribution in [3.63, 3.8) is 0 Å². The second-order valence-electron chi connectivity index (χ2n) is 5.75. The molecule has 1 aromatic heterocycles. The van der Waals surface area contributed by atoms with Gasteiger partial charge in [-0.05, 0) is 48.9 Å².